The van der Waals surface area contributed by atoms with Crippen LogP contribution in [0, 0.1) is 0 Å². The van der Waals surface area contributed by atoms with Crippen LogP contribution >= 0.6 is 0 Å². The quantitative estimate of drug-likeness (QED) is 0.569. The van der Waals surface area contributed by atoms with E-state index < -0.39 is 6.04 Å². The topological polar surface area (TPSA) is 81.1 Å². The fraction of sp³-hybridized carbons (Fsp3) is 0.0909. The Morgan fingerprint density at radius 2 is 1.74 bits per heavy atom. The van der Waals surface area contributed by atoms with Crippen LogP contribution in [-0.2, 0) is 6.54 Å². The van der Waals surface area contributed by atoms with E-state index in [2.05, 4.69) is 22.4 Å². The fourth-order valence-electron chi connectivity index (χ4n) is 3.05. The molecule has 5 nitrogen and oxygen atoms in total. The minimum absolute atomic E-state index is 0.219. The van der Waals surface area contributed by atoms with E-state index in [1.54, 1.807) is 0 Å². The van der Waals surface area contributed by atoms with Gasteiger partial charge in [-0.3, -0.25) is 4.79 Å². The molecule has 1 aromatic heterocycles. The van der Waals surface area contributed by atoms with Crippen LogP contribution in [0.15, 0.2) is 83.5 Å². The Kier molecular flexibility index (Phi) is 4.68. The average molecular weight is 357 g/mol. The van der Waals surface area contributed by atoms with Gasteiger partial charge in [0.1, 0.15) is 12.3 Å². The monoisotopic (exact) mass is 357 g/mol. The van der Waals surface area contributed by atoms with E-state index in [1.807, 2.05) is 60.7 Å². The molecule has 0 saturated carbocycles. The van der Waals surface area contributed by atoms with E-state index in [9.17, 15) is 4.79 Å². The molecule has 0 aliphatic rings. The number of fused-ring (bicyclic) bond motifs is 1. The Bertz CT molecular complexity index is 1070. The molecule has 0 aliphatic heterocycles. The first kappa shape index (κ1) is 17.0. The SMILES string of the molecule is NC(c1ccccc1)c1nc(C(=O)NCc2cccc3ccccc23)co1. The predicted molar refractivity (Wildman–Crippen MR) is 104 cm³/mol. The van der Waals surface area contributed by atoms with Crippen LogP contribution in [0.1, 0.15) is 33.5 Å². The summed E-state index contributed by atoms with van der Waals surface area (Å²) < 4.78 is 5.43. The van der Waals surface area contributed by atoms with Gasteiger partial charge in [0.05, 0.1) is 0 Å². The standard InChI is InChI=1S/C22H19N3O2/c23-20(16-8-2-1-3-9-16)22-25-19(14-27-22)21(26)24-13-17-11-6-10-15-7-4-5-12-18(15)17/h1-12,14,20H,13,23H2,(H,24,26). The number of amides is 1. The molecule has 1 unspecified atom stereocenters. The van der Waals surface area contributed by atoms with Gasteiger partial charge in [-0.15, -0.1) is 0 Å². The minimum atomic E-state index is -0.509. The second-order valence-corrected chi connectivity index (χ2v) is 6.28. The van der Waals surface area contributed by atoms with Crippen LogP contribution in [0.2, 0.25) is 0 Å². The number of nitrogens with zero attached hydrogens (tertiary/aromatic N) is 1. The Morgan fingerprint density at radius 1 is 1.00 bits per heavy atom. The Hall–Kier alpha value is -3.44. The zero-order valence-corrected chi connectivity index (χ0v) is 14.6. The third kappa shape index (κ3) is 3.59. The van der Waals surface area contributed by atoms with E-state index in [0.717, 1.165) is 21.9 Å². The number of carbonyl (C=O) groups is 1. The molecule has 1 heterocycles. The van der Waals surface area contributed by atoms with Gasteiger partial charge in [-0.2, -0.15) is 0 Å². The summed E-state index contributed by atoms with van der Waals surface area (Å²) in [6.07, 6.45) is 1.34. The average Bonchev–Trinajstić information content (AvgIpc) is 3.22. The molecule has 0 aliphatic carbocycles. The number of aromatic nitrogens is 1. The summed E-state index contributed by atoms with van der Waals surface area (Å²) in [5, 5.41) is 5.16. The number of hydrogen-bond donors (Lipinski definition) is 2. The summed E-state index contributed by atoms with van der Waals surface area (Å²) in [4.78, 5) is 16.7. The lowest BCUT2D eigenvalue weighted by Crippen LogP contribution is -2.23. The fourth-order valence-corrected chi connectivity index (χ4v) is 3.05. The van der Waals surface area contributed by atoms with Crippen LogP contribution < -0.4 is 11.1 Å². The lowest BCUT2D eigenvalue weighted by atomic mass is 10.0. The smallest absolute Gasteiger partial charge is 0.273 e. The van der Waals surface area contributed by atoms with Gasteiger partial charge < -0.3 is 15.5 Å². The molecule has 1 amide bonds. The lowest BCUT2D eigenvalue weighted by molar-refractivity contribution is 0.0946. The van der Waals surface area contributed by atoms with Gasteiger partial charge in [-0.25, -0.2) is 4.98 Å². The van der Waals surface area contributed by atoms with Gasteiger partial charge in [-0.05, 0) is 21.9 Å². The Morgan fingerprint density at radius 3 is 2.59 bits per heavy atom. The van der Waals surface area contributed by atoms with Gasteiger partial charge in [0.25, 0.3) is 5.91 Å². The van der Waals surface area contributed by atoms with Gasteiger partial charge in [0.15, 0.2) is 5.69 Å². The van der Waals surface area contributed by atoms with Crippen molar-refractivity contribution in [2.45, 2.75) is 12.6 Å². The zero-order chi connectivity index (χ0) is 18.6. The van der Waals surface area contributed by atoms with E-state index in [1.165, 1.54) is 6.26 Å². The maximum Gasteiger partial charge on any atom is 0.273 e. The summed E-state index contributed by atoms with van der Waals surface area (Å²) in [5.41, 5.74) is 8.31. The van der Waals surface area contributed by atoms with Crippen molar-refractivity contribution in [2.24, 2.45) is 5.73 Å². The first-order valence-electron chi connectivity index (χ1n) is 8.73. The molecule has 3 N–H and O–H groups in total. The molecule has 0 saturated heterocycles. The highest BCUT2D eigenvalue weighted by Crippen LogP contribution is 2.20. The molecule has 3 aromatic carbocycles. The normalized spacial score (nSPS) is 12.0. The van der Waals surface area contributed by atoms with Crippen LogP contribution in [-0.4, -0.2) is 10.9 Å². The van der Waals surface area contributed by atoms with Gasteiger partial charge in [0, 0.05) is 6.54 Å². The largest absolute Gasteiger partial charge is 0.446 e. The van der Waals surface area contributed by atoms with Crippen molar-refractivity contribution in [1.29, 1.82) is 0 Å². The molecule has 0 spiro atoms. The number of oxazole rings is 1. The van der Waals surface area contributed by atoms with Crippen molar-refractivity contribution in [3.63, 3.8) is 0 Å². The first-order chi connectivity index (χ1) is 13.2. The highest BCUT2D eigenvalue weighted by atomic mass is 16.3. The Labute approximate surface area is 156 Å². The summed E-state index contributed by atoms with van der Waals surface area (Å²) >= 11 is 0. The molecule has 0 bridgehead atoms. The summed E-state index contributed by atoms with van der Waals surface area (Å²) in [7, 11) is 0. The number of benzene rings is 3. The van der Waals surface area contributed by atoms with Gasteiger partial charge in [-0.1, -0.05) is 72.8 Å². The van der Waals surface area contributed by atoms with E-state index in [-0.39, 0.29) is 11.6 Å². The lowest BCUT2D eigenvalue weighted by Gasteiger charge is -2.08. The molecule has 0 fully saturated rings. The maximum atomic E-state index is 12.5. The third-order valence-corrected chi connectivity index (χ3v) is 4.50. The number of rotatable bonds is 5. The number of hydrogen-bond acceptors (Lipinski definition) is 4. The van der Waals surface area contributed by atoms with Crippen molar-refractivity contribution in [2.75, 3.05) is 0 Å². The van der Waals surface area contributed by atoms with Crippen molar-refractivity contribution in [1.82, 2.24) is 10.3 Å². The first-order valence-corrected chi connectivity index (χ1v) is 8.73. The van der Waals surface area contributed by atoms with Crippen molar-refractivity contribution >= 4 is 16.7 Å². The molecular formula is C22H19N3O2. The van der Waals surface area contributed by atoms with Crippen molar-refractivity contribution in [3.8, 4) is 0 Å². The molecular weight excluding hydrogens is 338 g/mol. The van der Waals surface area contributed by atoms with Crippen LogP contribution in [0.25, 0.3) is 10.8 Å². The van der Waals surface area contributed by atoms with Gasteiger partial charge >= 0.3 is 0 Å². The second kappa shape index (κ2) is 7.43. The van der Waals surface area contributed by atoms with E-state index in [4.69, 9.17) is 10.2 Å². The second-order valence-electron chi connectivity index (χ2n) is 6.28. The number of nitrogens with two attached hydrogens (primary N) is 1. The summed E-state index contributed by atoms with van der Waals surface area (Å²) in [5.74, 6) is 0.0229. The Balaban J connectivity index is 1.47. The molecule has 27 heavy (non-hydrogen) atoms. The van der Waals surface area contributed by atoms with Crippen molar-refractivity contribution in [3.05, 3.63) is 102 Å². The molecule has 5 heteroatoms. The van der Waals surface area contributed by atoms with Crippen LogP contribution in [0.3, 0.4) is 0 Å². The number of nitrogens with one attached hydrogen (secondary N) is 1. The summed E-state index contributed by atoms with van der Waals surface area (Å²) in [6, 6.07) is 23.1. The summed E-state index contributed by atoms with van der Waals surface area (Å²) in [6.45, 7) is 0.410. The number of carbonyl (C=O) groups excluding carboxylic acids is 1. The molecule has 134 valence electrons. The minimum Gasteiger partial charge on any atom is -0.446 e. The highest BCUT2D eigenvalue weighted by Gasteiger charge is 2.18. The molecule has 4 rings (SSSR count). The van der Waals surface area contributed by atoms with Gasteiger partial charge in [0.2, 0.25) is 5.89 Å². The maximum absolute atomic E-state index is 12.5. The molecule has 0 radical (unpaired) electrons. The highest BCUT2D eigenvalue weighted by molar-refractivity contribution is 5.92. The third-order valence-electron chi connectivity index (χ3n) is 4.50. The predicted octanol–water partition coefficient (Wildman–Crippen LogP) is 3.81. The van der Waals surface area contributed by atoms with E-state index >= 15 is 0 Å². The molecule has 1 atom stereocenters. The van der Waals surface area contributed by atoms with Crippen LogP contribution in [0.5, 0.6) is 0 Å². The molecule has 4 aromatic rings. The zero-order valence-electron chi connectivity index (χ0n) is 14.6. The van der Waals surface area contributed by atoms with Crippen LogP contribution in [0.4, 0.5) is 0 Å². The van der Waals surface area contributed by atoms with Crippen molar-refractivity contribution < 1.29 is 9.21 Å². The van der Waals surface area contributed by atoms with E-state index in [0.29, 0.717) is 12.4 Å².